The van der Waals surface area contributed by atoms with Crippen LogP contribution in [0.3, 0.4) is 0 Å². The third-order valence-electron chi connectivity index (χ3n) is 4.68. The molecular formula is C16H23N5O3S. The van der Waals surface area contributed by atoms with Crippen LogP contribution < -0.4 is 11.1 Å². The first-order valence-corrected chi connectivity index (χ1v) is 10.0. The van der Waals surface area contributed by atoms with E-state index in [0.29, 0.717) is 30.7 Å². The van der Waals surface area contributed by atoms with Crippen molar-refractivity contribution in [1.29, 1.82) is 0 Å². The predicted molar refractivity (Wildman–Crippen MR) is 95.7 cm³/mol. The summed E-state index contributed by atoms with van der Waals surface area (Å²) in [5.74, 6) is 0.341. The highest BCUT2D eigenvalue weighted by Gasteiger charge is 2.27. The van der Waals surface area contributed by atoms with E-state index in [0.717, 1.165) is 12.8 Å². The van der Waals surface area contributed by atoms with E-state index in [1.165, 1.54) is 4.31 Å². The van der Waals surface area contributed by atoms with Crippen molar-refractivity contribution in [3.8, 4) is 0 Å². The molecule has 2 aromatic rings. The van der Waals surface area contributed by atoms with Crippen molar-refractivity contribution in [2.75, 3.05) is 31.1 Å². The quantitative estimate of drug-likeness (QED) is 0.811. The fourth-order valence-electron chi connectivity index (χ4n) is 3.15. The summed E-state index contributed by atoms with van der Waals surface area (Å²) < 4.78 is 26.9. The van der Waals surface area contributed by atoms with Crippen molar-refractivity contribution in [3.63, 3.8) is 0 Å². The Kier molecular flexibility index (Phi) is 4.96. The maximum absolute atomic E-state index is 12.5. The van der Waals surface area contributed by atoms with Crippen molar-refractivity contribution in [1.82, 2.24) is 19.2 Å². The van der Waals surface area contributed by atoms with Gasteiger partial charge in [-0.1, -0.05) is 6.07 Å². The zero-order valence-electron chi connectivity index (χ0n) is 14.2. The smallest absolute Gasteiger partial charge is 0.257 e. The van der Waals surface area contributed by atoms with E-state index < -0.39 is 10.0 Å². The van der Waals surface area contributed by atoms with Crippen LogP contribution in [-0.4, -0.2) is 53.6 Å². The average molecular weight is 365 g/mol. The fourth-order valence-corrected chi connectivity index (χ4v) is 4.28. The van der Waals surface area contributed by atoms with Crippen LogP contribution in [0.25, 0.3) is 5.52 Å². The number of nitrogens with zero attached hydrogens (tertiary/aromatic N) is 3. The van der Waals surface area contributed by atoms with E-state index in [4.69, 9.17) is 5.73 Å². The summed E-state index contributed by atoms with van der Waals surface area (Å²) in [6.07, 6.45) is 3.22. The van der Waals surface area contributed by atoms with Gasteiger partial charge in [-0.25, -0.2) is 17.2 Å². The maximum Gasteiger partial charge on any atom is 0.257 e. The highest BCUT2D eigenvalue weighted by molar-refractivity contribution is 7.89. The number of fused-ring (bicyclic) bond motifs is 1. The van der Waals surface area contributed by atoms with Crippen LogP contribution in [0, 0.1) is 5.92 Å². The number of carbonyl (C=O) groups excluding carboxylic acids is 1. The standard InChI is InChI=1S/C16H23N5O3S/c1-2-25(23,24)20-9-6-12(7-10-20)11-18-16(22)14-13-5-3-4-8-21(13)19-15(14)17/h3-5,8,12H,2,6-7,9-11H2,1H3,(H2,17,19)(H,18,22). The van der Waals surface area contributed by atoms with E-state index >= 15 is 0 Å². The maximum atomic E-state index is 12.5. The van der Waals surface area contributed by atoms with Gasteiger partial charge in [0.1, 0.15) is 5.56 Å². The molecule has 8 nitrogen and oxygen atoms in total. The van der Waals surface area contributed by atoms with Gasteiger partial charge in [0, 0.05) is 25.8 Å². The van der Waals surface area contributed by atoms with Gasteiger partial charge < -0.3 is 11.1 Å². The molecule has 0 bridgehead atoms. The number of pyridine rings is 1. The van der Waals surface area contributed by atoms with Crippen molar-refractivity contribution in [2.24, 2.45) is 5.92 Å². The molecule has 3 heterocycles. The molecule has 0 radical (unpaired) electrons. The number of carbonyl (C=O) groups is 1. The Morgan fingerprint density at radius 1 is 1.36 bits per heavy atom. The normalized spacial score (nSPS) is 17.0. The zero-order chi connectivity index (χ0) is 18.0. The second kappa shape index (κ2) is 7.01. The number of anilines is 1. The van der Waals surface area contributed by atoms with Crippen molar-refractivity contribution < 1.29 is 13.2 Å². The largest absolute Gasteiger partial charge is 0.382 e. The van der Waals surface area contributed by atoms with Gasteiger partial charge in [0.2, 0.25) is 10.0 Å². The molecule has 1 saturated heterocycles. The van der Waals surface area contributed by atoms with E-state index in [1.54, 1.807) is 23.7 Å². The first-order valence-electron chi connectivity index (χ1n) is 8.41. The van der Waals surface area contributed by atoms with Gasteiger partial charge in [-0.2, -0.15) is 0 Å². The number of piperidine rings is 1. The summed E-state index contributed by atoms with van der Waals surface area (Å²) in [6.45, 7) is 3.18. The van der Waals surface area contributed by atoms with Gasteiger partial charge >= 0.3 is 0 Å². The molecule has 9 heteroatoms. The molecule has 0 unspecified atom stereocenters. The summed E-state index contributed by atoms with van der Waals surface area (Å²) in [5, 5.41) is 7.05. The van der Waals surface area contributed by atoms with Crippen LogP contribution in [0.2, 0.25) is 0 Å². The first-order chi connectivity index (χ1) is 11.9. The Bertz CT molecular complexity index is 869. The van der Waals surface area contributed by atoms with Crippen LogP contribution in [0.15, 0.2) is 24.4 Å². The van der Waals surface area contributed by atoms with Crippen molar-refractivity contribution in [3.05, 3.63) is 30.0 Å². The number of amides is 1. The van der Waals surface area contributed by atoms with Gasteiger partial charge in [-0.15, -0.1) is 5.10 Å². The Labute approximate surface area is 147 Å². The van der Waals surface area contributed by atoms with Crippen molar-refractivity contribution >= 4 is 27.3 Å². The molecule has 0 atom stereocenters. The van der Waals surface area contributed by atoms with E-state index in [-0.39, 0.29) is 23.4 Å². The Morgan fingerprint density at radius 3 is 2.76 bits per heavy atom. The van der Waals surface area contributed by atoms with Crippen LogP contribution in [0.1, 0.15) is 30.1 Å². The molecule has 0 spiro atoms. The number of rotatable bonds is 5. The third-order valence-corrected chi connectivity index (χ3v) is 6.56. The number of nitrogens with one attached hydrogen (secondary N) is 1. The Morgan fingerprint density at radius 2 is 2.08 bits per heavy atom. The molecule has 1 fully saturated rings. The lowest BCUT2D eigenvalue weighted by Gasteiger charge is -2.30. The lowest BCUT2D eigenvalue weighted by atomic mass is 9.98. The number of aromatic nitrogens is 2. The highest BCUT2D eigenvalue weighted by Crippen LogP contribution is 2.21. The summed E-state index contributed by atoms with van der Waals surface area (Å²) in [6, 6.07) is 5.45. The number of hydrogen-bond acceptors (Lipinski definition) is 5. The van der Waals surface area contributed by atoms with Gasteiger partial charge in [-0.3, -0.25) is 4.79 Å². The van der Waals surface area contributed by atoms with E-state index in [2.05, 4.69) is 10.4 Å². The second-order valence-electron chi connectivity index (χ2n) is 6.24. The van der Waals surface area contributed by atoms with Crippen LogP contribution in [-0.2, 0) is 10.0 Å². The van der Waals surface area contributed by atoms with Crippen LogP contribution in [0.4, 0.5) is 5.82 Å². The second-order valence-corrected chi connectivity index (χ2v) is 8.50. The molecule has 1 aliphatic heterocycles. The molecule has 136 valence electrons. The number of sulfonamides is 1. The SMILES string of the molecule is CCS(=O)(=O)N1CCC(CNC(=O)c2c(N)nn3ccccc23)CC1. The van der Waals surface area contributed by atoms with Crippen molar-refractivity contribution in [2.45, 2.75) is 19.8 Å². The van der Waals surface area contributed by atoms with Gasteiger partial charge in [0.15, 0.2) is 5.82 Å². The summed E-state index contributed by atoms with van der Waals surface area (Å²) in [7, 11) is -3.12. The fraction of sp³-hybridized carbons (Fsp3) is 0.500. The highest BCUT2D eigenvalue weighted by atomic mass is 32.2. The lowest BCUT2D eigenvalue weighted by Crippen LogP contribution is -2.42. The molecule has 1 amide bonds. The minimum Gasteiger partial charge on any atom is -0.382 e. The monoisotopic (exact) mass is 365 g/mol. The first kappa shape index (κ1) is 17.7. The number of hydrogen-bond donors (Lipinski definition) is 2. The van der Waals surface area contributed by atoms with Crippen LogP contribution in [0.5, 0.6) is 0 Å². The number of nitrogen functional groups attached to an aromatic ring is 1. The van der Waals surface area contributed by atoms with Gasteiger partial charge in [0.05, 0.1) is 11.3 Å². The molecule has 2 aromatic heterocycles. The minimum atomic E-state index is -3.12. The third kappa shape index (κ3) is 3.62. The van der Waals surface area contributed by atoms with Crippen LogP contribution >= 0.6 is 0 Å². The predicted octanol–water partition coefficient (Wildman–Crippen LogP) is 0.708. The van der Waals surface area contributed by atoms with E-state index in [9.17, 15) is 13.2 Å². The lowest BCUT2D eigenvalue weighted by molar-refractivity contribution is 0.0944. The zero-order valence-corrected chi connectivity index (χ0v) is 15.0. The molecule has 1 aliphatic rings. The summed E-state index contributed by atoms with van der Waals surface area (Å²) in [5.41, 5.74) is 6.93. The number of nitrogens with two attached hydrogens (primary N) is 1. The molecule has 0 aromatic carbocycles. The molecule has 0 saturated carbocycles. The minimum absolute atomic E-state index is 0.127. The molecule has 3 N–H and O–H groups in total. The summed E-state index contributed by atoms with van der Waals surface area (Å²) >= 11 is 0. The average Bonchev–Trinajstić information content (AvgIpc) is 2.96. The molecule has 25 heavy (non-hydrogen) atoms. The summed E-state index contributed by atoms with van der Waals surface area (Å²) in [4.78, 5) is 12.5. The topological polar surface area (TPSA) is 110 Å². The molecule has 3 rings (SSSR count). The van der Waals surface area contributed by atoms with Gasteiger partial charge in [0.25, 0.3) is 5.91 Å². The van der Waals surface area contributed by atoms with E-state index in [1.807, 2.05) is 12.1 Å². The molecular weight excluding hydrogens is 342 g/mol. The molecule has 0 aliphatic carbocycles. The van der Waals surface area contributed by atoms with Gasteiger partial charge in [-0.05, 0) is 37.8 Å². The Balaban J connectivity index is 1.59. The Hall–Kier alpha value is -2.13.